The molecule has 1 saturated heterocycles. The Balaban J connectivity index is 1.67. The molecular weight excluding hydrogens is 242 g/mol. The van der Waals surface area contributed by atoms with Crippen LogP contribution < -0.4 is 5.32 Å². The predicted molar refractivity (Wildman–Crippen MR) is 73.7 cm³/mol. The van der Waals surface area contributed by atoms with Gasteiger partial charge in [0.2, 0.25) is 0 Å². The van der Waals surface area contributed by atoms with Crippen molar-refractivity contribution in [3.8, 4) is 0 Å². The fraction of sp³-hybridized carbons (Fsp3) is 0.846. The summed E-state index contributed by atoms with van der Waals surface area (Å²) in [5.74, 6) is 0. The molecule has 0 bridgehead atoms. The van der Waals surface area contributed by atoms with E-state index in [0.717, 1.165) is 18.8 Å². The van der Waals surface area contributed by atoms with Crippen molar-refractivity contribution >= 4 is 0 Å². The van der Waals surface area contributed by atoms with Crippen LogP contribution in [0, 0.1) is 0 Å². The second kappa shape index (κ2) is 7.57. The topological polar surface area (TPSA) is 66.2 Å². The standard InChI is InChI=1S/C13H25N5O/c1-12(17-5-3-2-4-6-17)9-14-10-13-11-18(7-8-19)16-15-13/h11-12,14,19H,2-10H2,1H3. The lowest BCUT2D eigenvalue weighted by molar-refractivity contribution is 0.170. The molecule has 1 atom stereocenters. The summed E-state index contributed by atoms with van der Waals surface area (Å²) in [6, 6.07) is 0.577. The van der Waals surface area contributed by atoms with E-state index in [4.69, 9.17) is 5.11 Å². The molecule has 1 aromatic rings. The summed E-state index contributed by atoms with van der Waals surface area (Å²) in [6.45, 7) is 7.07. The molecule has 108 valence electrons. The number of nitrogens with one attached hydrogen (secondary N) is 1. The number of rotatable bonds is 7. The monoisotopic (exact) mass is 267 g/mol. The Labute approximate surface area is 114 Å². The first-order chi connectivity index (χ1) is 9.29. The van der Waals surface area contributed by atoms with Crippen LogP contribution in [0.3, 0.4) is 0 Å². The van der Waals surface area contributed by atoms with E-state index in [2.05, 4.69) is 27.5 Å². The fourth-order valence-corrected chi connectivity index (χ4v) is 2.53. The van der Waals surface area contributed by atoms with E-state index >= 15 is 0 Å². The normalized spacial score (nSPS) is 18.6. The summed E-state index contributed by atoms with van der Waals surface area (Å²) in [5, 5.41) is 20.3. The van der Waals surface area contributed by atoms with Crippen LogP contribution >= 0.6 is 0 Å². The van der Waals surface area contributed by atoms with Gasteiger partial charge < -0.3 is 10.4 Å². The Morgan fingerprint density at radius 2 is 2.16 bits per heavy atom. The first-order valence-corrected chi connectivity index (χ1v) is 7.24. The first-order valence-electron chi connectivity index (χ1n) is 7.24. The number of aliphatic hydroxyl groups is 1. The average Bonchev–Trinajstić information content (AvgIpc) is 2.88. The van der Waals surface area contributed by atoms with Crippen molar-refractivity contribution < 1.29 is 5.11 Å². The number of piperidine rings is 1. The fourth-order valence-electron chi connectivity index (χ4n) is 2.53. The number of aromatic nitrogens is 3. The highest BCUT2D eigenvalue weighted by atomic mass is 16.3. The van der Waals surface area contributed by atoms with E-state index in [1.807, 2.05) is 6.20 Å². The Hall–Kier alpha value is -0.980. The van der Waals surface area contributed by atoms with Crippen LogP contribution in [0.25, 0.3) is 0 Å². The van der Waals surface area contributed by atoms with Gasteiger partial charge >= 0.3 is 0 Å². The van der Waals surface area contributed by atoms with E-state index in [1.54, 1.807) is 4.68 Å². The van der Waals surface area contributed by atoms with E-state index in [0.29, 0.717) is 12.6 Å². The maximum absolute atomic E-state index is 8.81. The minimum absolute atomic E-state index is 0.0994. The third kappa shape index (κ3) is 4.56. The molecule has 2 N–H and O–H groups in total. The van der Waals surface area contributed by atoms with Crippen molar-refractivity contribution in [2.75, 3.05) is 26.2 Å². The van der Waals surface area contributed by atoms with Crippen molar-refractivity contribution in [2.45, 2.75) is 45.3 Å². The third-order valence-corrected chi connectivity index (χ3v) is 3.68. The molecule has 1 aliphatic rings. The number of hydrogen-bond acceptors (Lipinski definition) is 5. The predicted octanol–water partition coefficient (Wildman–Crippen LogP) is 0.234. The van der Waals surface area contributed by atoms with Crippen LogP contribution in [0.4, 0.5) is 0 Å². The van der Waals surface area contributed by atoms with Crippen molar-refractivity contribution in [1.29, 1.82) is 0 Å². The molecule has 1 fully saturated rings. The molecule has 0 spiro atoms. The summed E-state index contributed by atoms with van der Waals surface area (Å²) < 4.78 is 1.67. The maximum atomic E-state index is 8.81. The van der Waals surface area contributed by atoms with Gasteiger partial charge in [-0.1, -0.05) is 11.6 Å². The van der Waals surface area contributed by atoms with E-state index in [9.17, 15) is 0 Å². The van der Waals surface area contributed by atoms with Gasteiger partial charge in [-0.15, -0.1) is 5.10 Å². The molecule has 6 heteroatoms. The van der Waals surface area contributed by atoms with Crippen LogP contribution in [0.5, 0.6) is 0 Å². The lowest BCUT2D eigenvalue weighted by atomic mass is 10.1. The summed E-state index contributed by atoms with van der Waals surface area (Å²) in [5.41, 5.74) is 0.930. The van der Waals surface area contributed by atoms with Crippen molar-refractivity contribution in [1.82, 2.24) is 25.2 Å². The van der Waals surface area contributed by atoms with Crippen LogP contribution in [0.2, 0.25) is 0 Å². The number of hydrogen-bond donors (Lipinski definition) is 2. The molecule has 2 rings (SSSR count). The van der Waals surface area contributed by atoms with Crippen molar-refractivity contribution in [3.63, 3.8) is 0 Å². The quantitative estimate of drug-likeness (QED) is 0.740. The van der Waals surface area contributed by atoms with Gasteiger partial charge in [0.05, 0.1) is 18.8 Å². The summed E-state index contributed by atoms with van der Waals surface area (Å²) >= 11 is 0. The van der Waals surface area contributed by atoms with Crippen LogP contribution in [-0.4, -0.2) is 57.3 Å². The van der Waals surface area contributed by atoms with E-state index in [-0.39, 0.29) is 6.61 Å². The molecule has 1 aliphatic heterocycles. The molecule has 0 aliphatic carbocycles. The lowest BCUT2D eigenvalue weighted by Crippen LogP contribution is -2.42. The van der Waals surface area contributed by atoms with Gasteiger partial charge in [0.1, 0.15) is 0 Å². The molecule has 2 heterocycles. The third-order valence-electron chi connectivity index (χ3n) is 3.68. The molecule has 0 radical (unpaired) electrons. The Bertz CT molecular complexity index is 362. The number of nitrogens with zero attached hydrogens (tertiary/aromatic N) is 4. The van der Waals surface area contributed by atoms with E-state index in [1.165, 1.54) is 32.4 Å². The summed E-state index contributed by atoms with van der Waals surface area (Å²) in [6.07, 6.45) is 5.93. The van der Waals surface area contributed by atoms with E-state index < -0.39 is 0 Å². The van der Waals surface area contributed by atoms with Gasteiger partial charge in [-0.05, 0) is 32.9 Å². The largest absolute Gasteiger partial charge is 0.394 e. The molecular formula is C13H25N5O. The Morgan fingerprint density at radius 3 is 2.89 bits per heavy atom. The Kier molecular flexibility index (Phi) is 5.75. The maximum Gasteiger partial charge on any atom is 0.0964 e. The highest BCUT2D eigenvalue weighted by molar-refractivity contribution is 4.91. The molecule has 0 aromatic carbocycles. The highest BCUT2D eigenvalue weighted by Crippen LogP contribution is 2.11. The average molecular weight is 267 g/mol. The van der Waals surface area contributed by atoms with Gasteiger partial charge in [-0.2, -0.15) is 0 Å². The molecule has 0 amide bonds. The van der Waals surface area contributed by atoms with Crippen LogP contribution in [0.1, 0.15) is 31.9 Å². The SMILES string of the molecule is CC(CNCc1cn(CCO)nn1)N1CCCCC1. The summed E-state index contributed by atoms with van der Waals surface area (Å²) in [4.78, 5) is 2.55. The summed E-state index contributed by atoms with van der Waals surface area (Å²) in [7, 11) is 0. The van der Waals surface area contributed by atoms with Gasteiger partial charge in [-0.25, -0.2) is 4.68 Å². The van der Waals surface area contributed by atoms with Crippen molar-refractivity contribution in [2.24, 2.45) is 0 Å². The highest BCUT2D eigenvalue weighted by Gasteiger charge is 2.16. The lowest BCUT2D eigenvalue weighted by Gasteiger charge is -2.32. The second-order valence-electron chi connectivity index (χ2n) is 5.27. The zero-order valence-electron chi connectivity index (χ0n) is 11.8. The number of aliphatic hydroxyl groups excluding tert-OH is 1. The smallest absolute Gasteiger partial charge is 0.0964 e. The second-order valence-corrected chi connectivity index (χ2v) is 5.27. The molecule has 1 unspecified atom stereocenters. The molecule has 19 heavy (non-hydrogen) atoms. The number of likely N-dealkylation sites (tertiary alicyclic amines) is 1. The Morgan fingerprint density at radius 1 is 1.37 bits per heavy atom. The van der Waals surface area contributed by atoms with Gasteiger partial charge in [0.25, 0.3) is 0 Å². The molecule has 0 saturated carbocycles. The molecule has 1 aromatic heterocycles. The first kappa shape index (κ1) is 14.4. The zero-order chi connectivity index (χ0) is 13.5. The molecule has 6 nitrogen and oxygen atoms in total. The van der Waals surface area contributed by atoms with Crippen LogP contribution in [-0.2, 0) is 13.1 Å². The minimum Gasteiger partial charge on any atom is -0.394 e. The zero-order valence-corrected chi connectivity index (χ0v) is 11.8. The van der Waals surface area contributed by atoms with Gasteiger partial charge in [0, 0.05) is 25.3 Å². The van der Waals surface area contributed by atoms with Gasteiger partial charge in [0.15, 0.2) is 0 Å². The van der Waals surface area contributed by atoms with Gasteiger partial charge in [-0.3, -0.25) is 4.90 Å². The van der Waals surface area contributed by atoms with Crippen molar-refractivity contribution in [3.05, 3.63) is 11.9 Å². The minimum atomic E-state index is 0.0994. The van der Waals surface area contributed by atoms with Crippen LogP contribution in [0.15, 0.2) is 6.20 Å².